The molecule has 0 saturated carbocycles. The Morgan fingerprint density at radius 3 is 2.11 bits per heavy atom. The summed E-state index contributed by atoms with van der Waals surface area (Å²) in [5, 5.41) is 0. The van der Waals surface area contributed by atoms with Crippen LogP contribution in [-0.2, 0) is 43.7 Å². The van der Waals surface area contributed by atoms with E-state index < -0.39 is 0 Å². The molecule has 18 heavy (non-hydrogen) atoms. The van der Waals surface area contributed by atoms with Crippen LogP contribution in [-0.4, -0.2) is 10.1 Å². The second kappa shape index (κ2) is 16.6. The van der Waals surface area contributed by atoms with Gasteiger partial charge >= 0.3 is 47.3 Å². The van der Waals surface area contributed by atoms with Crippen LogP contribution in [0.25, 0.3) is 0 Å². The van der Waals surface area contributed by atoms with Crippen molar-refractivity contribution in [2.45, 2.75) is 13.3 Å². The minimum atomic E-state index is 0. The molecule has 0 spiro atoms. The molecule has 0 aliphatic rings. The number of rotatable bonds is 4. The molecule has 0 saturated heterocycles. The van der Waals surface area contributed by atoms with Crippen LogP contribution in [0.4, 0.5) is 0 Å². The largest absolute Gasteiger partial charge is 0.665 e. The number of benzene rings is 1. The van der Waals surface area contributed by atoms with E-state index in [9.17, 15) is 0 Å². The molecule has 1 aromatic carbocycles. The van der Waals surface area contributed by atoms with Gasteiger partial charge in [0.15, 0.2) is 0 Å². The van der Waals surface area contributed by atoms with Gasteiger partial charge in [-0.15, -0.1) is 0 Å². The molecule has 2 N–H and O–H groups in total. The number of aryl methyl sites for hydroxylation is 1. The molecule has 4 heteroatoms. The van der Waals surface area contributed by atoms with E-state index >= 15 is 0 Å². The minimum Gasteiger partial charge on any atom is -0.665 e. The van der Waals surface area contributed by atoms with E-state index in [1.807, 2.05) is 41.0 Å². The maximum atomic E-state index is 5.00. The third-order valence-corrected chi connectivity index (χ3v) is 2.43. The van der Waals surface area contributed by atoms with Crippen molar-refractivity contribution in [2.75, 3.05) is 0 Å². The van der Waals surface area contributed by atoms with Gasteiger partial charge in [0.2, 0.25) is 0 Å². The standard InChI is InChI=1S/C9H11O.C5H5.H2O.2Zn/c1-3-8-4-6-9(10-2)7-5-8;1-3-5-4-2;;;/h4-7H,2-3H2,1H3;1-5H;1H2;;/q2*-1;;;/b;5-3-;;;. The van der Waals surface area contributed by atoms with E-state index in [4.69, 9.17) is 11.3 Å². The van der Waals surface area contributed by atoms with Crippen LogP contribution < -0.4 is 4.74 Å². The average Bonchev–Trinajstić information content (AvgIpc) is 2.37. The maximum absolute atomic E-state index is 5.00. The summed E-state index contributed by atoms with van der Waals surface area (Å²) in [4.78, 5) is 0. The summed E-state index contributed by atoms with van der Waals surface area (Å²) in [6, 6.07) is 7.93. The normalized spacial score (nSPS) is 8.22. The fraction of sp³-hybridized carbons (Fsp3) is 0.143. The van der Waals surface area contributed by atoms with Crippen LogP contribution in [0.3, 0.4) is 0 Å². The van der Waals surface area contributed by atoms with Gasteiger partial charge in [-0.05, 0) is 24.1 Å². The van der Waals surface area contributed by atoms with E-state index in [-0.39, 0.29) is 25.0 Å². The van der Waals surface area contributed by atoms with Crippen molar-refractivity contribution in [1.82, 2.24) is 0 Å². The molecule has 1 rings (SSSR count). The second-order valence-electron chi connectivity index (χ2n) is 2.95. The van der Waals surface area contributed by atoms with Gasteiger partial charge in [0.05, 0.1) is 5.75 Å². The SMILES string of the molecule is O.[CH-]=C/C=C\[CH]=[Zn].[CH2-]Oc1ccc(CC)cc1.[Zn]. The summed E-state index contributed by atoms with van der Waals surface area (Å²) in [6.07, 6.45) is 6.33. The van der Waals surface area contributed by atoms with Crippen molar-refractivity contribution < 1.29 is 47.5 Å². The minimum absolute atomic E-state index is 0. The zero-order valence-electron chi connectivity index (χ0n) is 10.9. The van der Waals surface area contributed by atoms with Gasteiger partial charge in [0.25, 0.3) is 0 Å². The van der Waals surface area contributed by atoms with Crippen molar-refractivity contribution in [2.24, 2.45) is 0 Å². The van der Waals surface area contributed by atoms with Crippen LogP contribution >= 0.6 is 0 Å². The van der Waals surface area contributed by atoms with Crippen molar-refractivity contribution in [1.29, 1.82) is 0 Å². The van der Waals surface area contributed by atoms with Crippen LogP contribution in [0.5, 0.6) is 5.75 Å². The Hall–Kier alpha value is -0.423. The van der Waals surface area contributed by atoms with Gasteiger partial charge in [-0.3, -0.25) is 0 Å². The zero-order chi connectivity index (χ0) is 12.2. The first kappa shape index (κ1) is 22.7. The van der Waals surface area contributed by atoms with Crippen LogP contribution in [0.1, 0.15) is 12.5 Å². The molecule has 0 heterocycles. The van der Waals surface area contributed by atoms with Gasteiger partial charge in [-0.2, -0.15) is 7.11 Å². The molecule has 92 valence electrons. The molecule has 1 aromatic rings. The topological polar surface area (TPSA) is 40.7 Å². The Morgan fingerprint density at radius 2 is 1.83 bits per heavy atom. The molecule has 0 atom stereocenters. The van der Waals surface area contributed by atoms with Crippen molar-refractivity contribution in [3.05, 3.63) is 61.7 Å². The van der Waals surface area contributed by atoms with E-state index in [0.29, 0.717) is 0 Å². The summed E-state index contributed by atoms with van der Waals surface area (Å²) in [6.45, 7) is 7.12. The smallest absolute Gasteiger partial charge is 0.0843 e. The van der Waals surface area contributed by atoms with Gasteiger partial charge in [0.1, 0.15) is 0 Å². The molecular weight excluding hydrogens is 331 g/mol. The van der Waals surface area contributed by atoms with Gasteiger partial charge in [0, 0.05) is 19.5 Å². The molecular formula is C14H18O2Zn2-2. The van der Waals surface area contributed by atoms with E-state index in [2.05, 4.69) is 14.0 Å². The van der Waals surface area contributed by atoms with Crippen molar-refractivity contribution >= 4 is 4.61 Å². The predicted molar refractivity (Wildman–Crippen MR) is 69.5 cm³/mol. The monoisotopic (exact) mass is 346 g/mol. The molecule has 2 nitrogen and oxygen atoms in total. The number of allylic oxidation sites excluding steroid dienone is 3. The molecule has 0 aliphatic heterocycles. The molecule has 0 fully saturated rings. The Labute approximate surface area is 132 Å². The number of hydrogen-bond acceptors (Lipinski definition) is 1. The maximum Gasteiger partial charge on any atom is 0.0843 e. The first-order valence-electron chi connectivity index (χ1n) is 5.12. The fourth-order valence-electron chi connectivity index (χ4n) is 0.964. The van der Waals surface area contributed by atoms with E-state index in [1.165, 1.54) is 29.5 Å². The first-order chi connectivity index (χ1) is 7.78. The number of ether oxygens (including phenoxy) is 1. The Kier molecular flexibility index (Phi) is 20.9. The molecule has 0 amide bonds. The van der Waals surface area contributed by atoms with Gasteiger partial charge < -0.3 is 10.2 Å². The summed E-state index contributed by atoms with van der Waals surface area (Å²) >= 11 is 1.20. The quantitative estimate of drug-likeness (QED) is 0.468. The van der Waals surface area contributed by atoms with Crippen LogP contribution in [0.15, 0.2) is 42.5 Å². The Bertz CT molecular complexity index is 299. The summed E-state index contributed by atoms with van der Waals surface area (Å²) < 4.78 is 6.81. The van der Waals surface area contributed by atoms with Crippen molar-refractivity contribution in [3.8, 4) is 5.75 Å². The summed E-state index contributed by atoms with van der Waals surface area (Å²) in [7, 11) is 3.31. The van der Waals surface area contributed by atoms with Crippen LogP contribution in [0, 0.1) is 13.7 Å². The van der Waals surface area contributed by atoms with Gasteiger partial charge in [-0.25, -0.2) is 0 Å². The van der Waals surface area contributed by atoms with E-state index in [1.54, 1.807) is 0 Å². The molecule has 0 aliphatic carbocycles. The Morgan fingerprint density at radius 1 is 1.28 bits per heavy atom. The van der Waals surface area contributed by atoms with E-state index in [0.717, 1.165) is 12.2 Å². The molecule has 0 aromatic heterocycles. The third kappa shape index (κ3) is 12.0. The Balaban J connectivity index is -0.000000250. The predicted octanol–water partition coefficient (Wildman–Crippen LogP) is 2.47. The number of hydrogen-bond donors (Lipinski definition) is 0. The fourth-order valence-corrected chi connectivity index (χ4v) is 1.29. The summed E-state index contributed by atoms with van der Waals surface area (Å²) in [5.74, 6) is 0.817. The zero-order valence-corrected chi connectivity index (χ0v) is 16.9. The van der Waals surface area contributed by atoms with Crippen molar-refractivity contribution in [3.63, 3.8) is 0 Å². The molecule has 0 bridgehead atoms. The van der Waals surface area contributed by atoms with Gasteiger partial charge in [-0.1, -0.05) is 19.1 Å². The molecule has 0 unspecified atom stereocenters. The average molecular weight is 349 g/mol. The first-order valence-corrected chi connectivity index (χ1v) is 6.83. The summed E-state index contributed by atoms with van der Waals surface area (Å²) in [5.41, 5.74) is 1.32. The second-order valence-corrected chi connectivity index (χ2v) is 3.94. The van der Waals surface area contributed by atoms with Crippen LogP contribution in [0.2, 0.25) is 0 Å². The molecule has 0 radical (unpaired) electrons. The third-order valence-electron chi connectivity index (χ3n) is 1.86.